The molecule has 0 aromatic carbocycles. The standard InChI is InChI=1S/C14H27N3O/c1-6-8-17-14(13(18-5)10-16-17)12(15-7-2)9-11(3)4/h10-12,15H,6-9H2,1-5H3. The summed E-state index contributed by atoms with van der Waals surface area (Å²) in [5.41, 5.74) is 1.19. The van der Waals surface area contributed by atoms with Crippen LogP contribution in [-0.2, 0) is 6.54 Å². The van der Waals surface area contributed by atoms with Crippen molar-refractivity contribution in [2.45, 2.75) is 53.1 Å². The summed E-state index contributed by atoms with van der Waals surface area (Å²) in [5.74, 6) is 1.54. The molecule has 0 amide bonds. The maximum atomic E-state index is 5.46. The molecule has 18 heavy (non-hydrogen) atoms. The molecule has 0 saturated heterocycles. The van der Waals surface area contributed by atoms with E-state index in [0.717, 1.165) is 31.7 Å². The molecule has 1 aromatic rings. The highest BCUT2D eigenvalue weighted by atomic mass is 16.5. The molecule has 0 aliphatic rings. The quantitative estimate of drug-likeness (QED) is 0.774. The van der Waals surface area contributed by atoms with Crippen molar-refractivity contribution in [1.29, 1.82) is 0 Å². The summed E-state index contributed by atoms with van der Waals surface area (Å²) in [4.78, 5) is 0. The summed E-state index contributed by atoms with van der Waals surface area (Å²) < 4.78 is 7.54. The number of hydrogen-bond donors (Lipinski definition) is 1. The fourth-order valence-electron chi connectivity index (χ4n) is 2.29. The fraction of sp³-hybridized carbons (Fsp3) is 0.786. The molecule has 1 aromatic heterocycles. The lowest BCUT2D eigenvalue weighted by molar-refractivity contribution is 0.368. The lowest BCUT2D eigenvalue weighted by Crippen LogP contribution is -2.25. The van der Waals surface area contributed by atoms with E-state index in [2.05, 4.69) is 42.8 Å². The van der Waals surface area contributed by atoms with Crippen LogP contribution in [0.1, 0.15) is 52.3 Å². The van der Waals surface area contributed by atoms with Gasteiger partial charge in [-0.2, -0.15) is 5.10 Å². The van der Waals surface area contributed by atoms with Crippen LogP contribution in [0.5, 0.6) is 5.75 Å². The summed E-state index contributed by atoms with van der Waals surface area (Å²) in [5, 5.41) is 7.99. The summed E-state index contributed by atoms with van der Waals surface area (Å²) in [7, 11) is 1.72. The van der Waals surface area contributed by atoms with Crippen molar-refractivity contribution in [1.82, 2.24) is 15.1 Å². The average Bonchev–Trinajstić information content (AvgIpc) is 2.71. The smallest absolute Gasteiger partial charge is 0.161 e. The van der Waals surface area contributed by atoms with E-state index in [0.29, 0.717) is 12.0 Å². The molecule has 1 unspecified atom stereocenters. The lowest BCUT2D eigenvalue weighted by Gasteiger charge is -2.22. The highest BCUT2D eigenvalue weighted by Crippen LogP contribution is 2.29. The summed E-state index contributed by atoms with van der Waals surface area (Å²) >= 11 is 0. The highest BCUT2D eigenvalue weighted by Gasteiger charge is 2.21. The van der Waals surface area contributed by atoms with Crippen molar-refractivity contribution in [3.63, 3.8) is 0 Å². The molecule has 1 heterocycles. The predicted octanol–water partition coefficient (Wildman–Crippen LogP) is 3.00. The molecule has 4 nitrogen and oxygen atoms in total. The first-order chi connectivity index (χ1) is 8.63. The van der Waals surface area contributed by atoms with Crippen LogP contribution >= 0.6 is 0 Å². The van der Waals surface area contributed by atoms with Crippen LogP contribution in [-0.4, -0.2) is 23.4 Å². The first-order valence-corrected chi connectivity index (χ1v) is 6.97. The minimum absolute atomic E-state index is 0.319. The predicted molar refractivity (Wildman–Crippen MR) is 74.9 cm³/mol. The zero-order valence-electron chi connectivity index (χ0n) is 12.4. The monoisotopic (exact) mass is 253 g/mol. The second-order valence-corrected chi connectivity index (χ2v) is 5.06. The van der Waals surface area contributed by atoms with Gasteiger partial charge in [0.15, 0.2) is 5.75 Å². The number of ether oxygens (including phenoxy) is 1. The van der Waals surface area contributed by atoms with E-state index < -0.39 is 0 Å². The van der Waals surface area contributed by atoms with Gasteiger partial charge in [-0.25, -0.2) is 0 Å². The van der Waals surface area contributed by atoms with Gasteiger partial charge in [-0.1, -0.05) is 27.7 Å². The molecular formula is C14H27N3O. The van der Waals surface area contributed by atoms with Crippen molar-refractivity contribution in [2.75, 3.05) is 13.7 Å². The molecule has 1 atom stereocenters. The van der Waals surface area contributed by atoms with Gasteiger partial charge in [0.2, 0.25) is 0 Å². The SMILES string of the molecule is CCCn1ncc(OC)c1C(CC(C)C)NCC. The van der Waals surface area contributed by atoms with E-state index in [1.54, 1.807) is 7.11 Å². The third-order valence-corrected chi connectivity index (χ3v) is 2.99. The fourth-order valence-corrected chi connectivity index (χ4v) is 2.29. The molecule has 1 N–H and O–H groups in total. The van der Waals surface area contributed by atoms with Gasteiger partial charge in [0.1, 0.15) is 0 Å². The zero-order valence-corrected chi connectivity index (χ0v) is 12.4. The molecule has 0 radical (unpaired) electrons. The molecular weight excluding hydrogens is 226 g/mol. The van der Waals surface area contributed by atoms with Crippen LogP contribution in [0.15, 0.2) is 6.20 Å². The maximum absolute atomic E-state index is 5.46. The molecule has 0 bridgehead atoms. The van der Waals surface area contributed by atoms with Gasteiger partial charge >= 0.3 is 0 Å². The number of aryl methyl sites for hydroxylation is 1. The van der Waals surface area contributed by atoms with E-state index in [1.165, 1.54) is 5.69 Å². The summed E-state index contributed by atoms with van der Waals surface area (Å²) in [6.45, 7) is 10.7. The Morgan fingerprint density at radius 2 is 2.11 bits per heavy atom. The Kier molecular flexibility index (Phi) is 6.19. The second kappa shape index (κ2) is 7.41. The summed E-state index contributed by atoms with van der Waals surface area (Å²) in [6, 6.07) is 0.319. The van der Waals surface area contributed by atoms with E-state index >= 15 is 0 Å². The van der Waals surface area contributed by atoms with Crippen molar-refractivity contribution in [3.05, 3.63) is 11.9 Å². The molecule has 0 saturated carbocycles. The Labute approximate surface area is 111 Å². The Morgan fingerprint density at radius 1 is 1.39 bits per heavy atom. The average molecular weight is 253 g/mol. The van der Waals surface area contributed by atoms with Crippen LogP contribution in [0.2, 0.25) is 0 Å². The third-order valence-electron chi connectivity index (χ3n) is 2.99. The molecule has 1 rings (SSSR count). The van der Waals surface area contributed by atoms with Gasteiger partial charge in [0, 0.05) is 6.54 Å². The van der Waals surface area contributed by atoms with Crippen molar-refractivity contribution in [3.8, 4) is 5.75 Å². The van der Waals surface area contributed by atoms with Crippen LogP contribution in [0.25, 0.3) is 0 Å². The molecule has 4 heteroatoms. The van der Waals surface area contributed by atoms with E-state index in [-0.39, 0.29) is 0 Å². The van der Waals surface area contributed by atoms with Gasteiger partial charge in [-0.05, 0) is 25.3 Å². The normalized spacial score (nSPS) is 13.0. The van der Waals surface area contributed by atoms with Crippen LogP contribution < -0.4 is 10.1 Å². The highest BCUT2D eigenvalue weighted by molar-refractivity contribution is 5.28. The molecule has 0 spiro atoms. The molecule has 0 aliphatic heterocycles. The Bertz CT molecular complexity index is 347. The van der Waals surface area contributed by atoms with Crippen LogP contribution in [0.4, 0.5) is 0 Å². The van der Waals surface area contributed by atoms with Gasteiger partial charge in [-0.3, -0.25) is 4.68 Å². The van der Waals surface area contributed by atoms with E-state index in [1.807, 2.05) is 6.20 Å². The lowest BCUT2D eigenvalue weighted by atomic mass is 10.0. The Morgan fingerprint density at radius 3 is 2.61 bits per heavy atom. The Balaban J connectivity index is 3.02. The number of nitrogens with zero attached hydrogens (tertiary/aromatic N) is 2. The largest absolute Gasteiger partial charge is 0.493 e. The zero-order chi connectivity index (χ0) is 13.5. The Hall–Kier alpha value is -1.03. The maximum Gasteiger partial charge on any atom is 0.161 e. The third kappa shape index (κ3) is 3.73. The van der Waals surface area contributed by atoms with Gasteiger partial charge in [0.05, 0.1) is 25.0 Å². The van der Waals surface area contributed by atoms with Crippen molar-refractivity contribution < 1.29 is 4.74 Å². The number of rotatable bonds is 8. The van der Waals surface area contributed by atoms with E-state index in [9.17, 15) is 0 Å². The first kappa shape index (κ1) is 15.0. The summed E-state index contributed by atoms with van der Waals surface area (Å²) in [6.07, 6.45) is 4.01. The minimum atomic E-state index is 0.319. The number of aromatic nitrogens is 2. The number of hydrogen-bond acceptors (Lipinski definition) is 3. The van der Waals surface area contributed by atoms with Crippen molar-refractivity contribution in [2.24, 2.45) is 5.92 Å². The minimum Gasteiger partial charge on any atom is -0.493 e. The first-order valence-electron chi connectivity index (χ1n) is 6.97. The van der Waals surface area contributed by atoms with Gasteiger partial charge < -0.3 is 10.1 Å². The second-order valence-electron chi connectivity index (χ2n) is 5.06. The van der Waals surface area contributed by atoms with Crippen LogP contribution in [0.3, 0.4) is 0 Å². The molecule has 0 aliphatic carbocycles. The topological polar surface area (TPSA) is 39.1 Å². The van der Waals surface area contributed by atoms with Crippen molar-refractivity contribution >= 4 is 0 Å². The number of nitrogens with one attached hydrogen (secondary N) is 1. The molecule has 0 fully saturated rings. The van der Waals surface area contributed by atoms with Gasteiger partial charge in [-0.15, -0.1) is 0 Å². The van der Waals surface area contributed by atoms with Gasteiger partial charge in [0.25, 0.3) is 0 Å². The molecule has 104 valence electrons. The van der Waals surface area contributed by atoms with Crippen LogP contribution in [0, 0.1) is 5.92 Å². The van der Waals surface area contributed by atoms with E-state index in [4.69, 9.17) is 4.74 Å². The number of methoxy groups -OCH3 is 1.